The van der Waals surface area contributed by atoms with Gasteiger partial charge in [0.05, 0.1) is 10.6 Å². The van der Waals surface area contributed by atoms with Crippen molar-refractivity contribution in [2.24, 2.45) is 11.7 Å². The first kappa shape index (κ1) is 15.8. The average Bonchev–Trinajstić information content (AvgIpc) is 2.50. The van der Waals surface area contributed by atoms with E-state index in [1.54, 1.807) is 0 Å². The molecule has 4 heteroatoms. The number of rotatable bonds is 2. The van der Waals surface area contributed by atoms with Crippen LogP contribution in [0.1, 0.15) is 56.6 Å². The Hall–Kier alpha value is -0.0900. The number of hydrogen-bond acceptors (Lipinski definition) is 2. The third kappa shape index (κ3) is 3.47. The van der Waals surface area contributed by atoms with E-state index in [1.807, 2.05) is 12.1 Å². The SMILES string of the molecule is NC(c1ccc(Br)c(Cl)c1)C1CCOC2(CCCCC2)C1. The summed E-state index contributed by atoms with van der Waals surface area (Å²) in [6.07, 6.45) is 8.51. The fourth-order valence-electron chi connectivity index (χ4n) is 3.91. The van der Waals surface area contributed by atoms with Crippen molar-refractivity contribution in [2.45, 2.75) is 56.6 Å². The maximum atomic E-state index is 6.55. The lowest BCUT2D eigenvalue weighted by molar-refractivity contribution is -0.120. The molecule has 2 aliphatic rings. The molecule has 1 heterocycles. The Balaban J connectivity index is 1.74. The van der Waals surface area contributed by atoms with Gasteiger partial charge in [0.2, 0.25) is 0 Å². The second kappa shape index (κ2) is 6.57. The predicted octanol–water partition coefficient (Wildman–Crippen LogP) is 5.23. The lowest BCUT2D eigenvalue weighted by Crippen LogP contribution is -2.44. The fraction of sp³-hybridized carbons (Fsp3) is 0.647. The quantitative estimate of drug-likeness (QED) is 0.771. The standard InChI is InChI=1S/C17H23BrClNO/c18-14-5-4-12(10-15(14)19)16(20)13-6-9-21-17(11-13)7-2-1-3-8-17/h4-5,10,13,16H,1-3,6-9,11,20H2. The first-order valence-electron chi connectivity index (χ1n) is 7.94. The van der Waals surface area contributed by atoms with Crippen LogP contribution in [0, 0.1) is 5.92 Å². The summed E-state index contributed by atoms with van der Waals surface area (Å²) in [7, 11) is 0. The van der Waals surface area contributed by atoms with Gasteiger partial charge in [0.1, 0.15) is 0 Å². The van der Waals surface area contributed by atoms with Gasteiger partial charge < -0.3 is 10.5 Å². The lowest BCUT2D eigenvalue weighted by atomic mass is 9.73. The molecule has 2 fully saturated rings. The highest BCUT2D eigenvalue weighted by Gasteiger charge is 2.40. The van der Waals surface area contributed by atoms with Crippen LogP contribution in [0.15, 0.2) is 22.7 Å². The van der Waals surface area contributed by atoms with Gasteiger partial charge in [0, 0.05) is 17.1 Å². The molecule has 2 unspecified atom stereocenters. The fourth-order valence-corrected chi connectivity index (χ4v) is 4.34. The van der Waals surface area contributed by atoms with Crippen molar-refractivity contribution in [1.82, 2.24) is 0 Å². The topological polar surface area (TPSA) is 35.2 Å². The molecule has 2 N–H and O–H groups in total. The van der Waals surface area contributed by atoms with Crippen LogP contribution in [-0.4, -0.2) is 12.2 Å². The molecule has 0 bridgehead atoms. The molecule has 0 amide bonds. The summed E-state index contributed by atoms with van der Waals surface area (Å²) in [4.78, 5) is 0. The van der Waals surface area contributed by atoms with E-state index in [0.717, 1.165) is 34.5 Å². The summed E-state index contributed by atoms with van der Waals surface area (Å²) in [5.41, 5.74) is 7.80. The molecule has 1 saturated carbocycles. The van der Waals surface area contributed by atoms with Crippen LogP contribution < -0.4 is 5.73 Å². The van der Waals surface area contributed by atoms with Crippen LogP contribution >= 0.6 is 27.5 Å². The Morgan fingerprint density at radius 3 is 2.76 bits per heavy atom. The molecular formula is C17H23BrClNO. The van der Waals surface area contributed by atoms with Crippen LogP contribution in [0.2, 0.25) is 5.02 Å². The maximum absolute atomic E-state index is 6.55. The van der Waals surface area contributed by atoms with E-state index in [-0.39, 0.29) is 11.6 Å². The van der Waals surface area contributed by atoms with Gasteiger partial charge in [0.25, 0.3) is 0 Å². The van der Waals surface area contributed by atoms with Crippen LogP contribution in [0.4, 0.5) is 0 Å². The predicted molar refractivity (Wildman–Crippen MR) is 90.6 cm³/mol. The molecule has 1 aliphatic heterocycles. The molecule has 116 valence electrons. The van der Waals surface area contributed by atoms with Crippen molar-refractivity contribution >= 4 is 27.5 Å². The Morgan fingerprint density at radius 2 is 2.05 bits per heavy atom. The van der Waals surface area contributed by atoms with Gasteiger partial charge in [-0.2, -0.15) is 0 Å². The van der Waals surface area contributed by atoms with Crippen LogP contribution in [0.5, 0.6) is 0 Å². The summed E-state index contributed by atoms with van der Waals surface area (Å²) < 4.78 is 7.10. The smallest absolute Gasteiger partial charge is 0.0685 e. The number of halogens is 2. The molecule has 1 saturated heterocycles. The van der Waals surface area contributed by atoms with E-state index in [1.165, 1.54) is 32.1 Å². The molecule has 3 rings (SSSR count). The first-order valence-corrected chi connectivity index (χ1v) is 9.11. The second-order valence-corrected chi connectivity index (χ2v) is 7.81. The number of ether oxygens (including phenoxy) is 1. The molecule has 0 aromatic heterocycles. The zero-order chi connectivity index (χ0) is 14.9. The molecule has 21 heavy (non-hydrogen) atoms. The number of hydrogen-bond donors (Lipinski definition) is 1. The summed E-state index contributed by atoms with van der Waals surface area (Å²) >= 11 is 9.65. The minimum atomic E-state index is 0.0540. The minimum Gasteiger partial charge on any atom is -0.375 e. The maximum Gasteiger partial charge on any atom is 0.0685 e. The molecular weight excluding hydrogens is 350 g/mol. The van der Waals surface area contributed by atoms with E-state index in [4.69, 9.17) is 22.1 Å². The van der Waals surface area contributed by atoms with Crippen molar-refractivity contribution in [3.63, 3.8) is 0 Å². The van der Waals surface area contributed by atoms with E-state index in [9.17, 15) is 0 Å². The molecule has 2 nitrogen and oxygen atoms in total. The Bertz CT molecular complexity index is 496. The lowest BCUT2D eigenvalue weighted by Gasteiger charge is -2.45. The Labute approximate surface area is 140 Å². The average molecular weight is 373 g/mol. The third-order valence-electron chi connectivity index (χ3n) is 5.13. The highest BCUT2D eigenvalue weighted by molar-refractivity contribution is 9.10. The van der Waals surface area contributed by atoms with Gasteiger partial charge in [0.15, 0.2) is 0 Å². The van der Waals surface area contributed by atoms with Gasteiger partial charge in [-0.1, -0.05) is 36.9 Å². The van der Waals surface area contributed by atoms with E-state index in [2.05, 4.69) is 22.0 Å². The highest BCUT2D eigenvalue weighted by atomic mass is 79.9. The molecule has 0 radical (unpaired) electrons. The summed E-state index contributed by atoms with van der Waals surface area (Å²) in [5.74, 6) is 0.495. The second-order valence-electron chi connectivity index (χ2n) is 6.54. The van der Waals surface area contributed by atoms with Gasteiger partial charge in [-0.25, -0.2) is 0 Å². The van der Waals surface area contributed by atoms with E-state index < -0.39 is 0 Å². The van der Waals surface area contributed by atoms with Gasteiger partial charge in [-0.05, 0) is 65.2 Å². The zero-order valence-corrected chi connectivity index (χ0v) is 14.6. The third-order valence-corrected chi connectivity index (χ3v) is 6.36. The van der Waals surface area contributed by atoms with Gasteiger partial charge in [-0.3, -0.25) is 0 Å². The Morgan fingerprint density at radius 1 is 1.29 bits per heavy atom. The normalized spacial score (nSPS) is 26.7. The molecule has 2 atom stereocenters. The first-order chi connectivity index (χ1) is 10.1. The van der Waals surface area contributed by atoms with Crippen LogP contribution in [0.3, 0.4) is 0 Å². The summed E-state index contributed by atoms with van der Waals surface area (Å²) in [6, 6.07) is 6.13. The largest absolute Gasteiger partial charge is 0.375 e. The van der Waals surface area contributed by atoms with Crippen LogP contribution in [0.25, 0.3) is 0 Å². The zero-order valence-electron chi connectivity index (χ0n) is 12.3. The monoisotopic (exact) mass is 371 g/mol. The van der Waals surface area contributed by atoms with Crippen molar-refractivity contribution in [2.75, 3.05) is 6.61 Å². The number of nitrogens with two attached hydrogens (primary N) is 1. The van der Waals surface area contributed by atoms with Crippen molar-refractivity contribution in [3.8, 4) is 0 Å². The van der Waals surface area contributed by atoms with Crippen LogP contribution in [-0.2, 0) is 4.74 Å². The van der Waals surface area contributed by atoms with Gasteiger partial charge in [-0.15, -0.1) is 0 Å². The summed E-state index contributed by atoms with van der Waals surface area (Å²) in [6.45, 7) is 0.850. The molecule has 1 aliphatic carbocycles. The minimum absolute atomic E-state index is 0.0540. The molecule has 1 aromatic carbocycles. The van der Waals surface area contributed by atoms with Crippen molar-refractivity contribution in [3.05, 3.63) is 33.3 Å². The summed E-state index contributed by atoms with van der Waals surface area (Å²) in [5, 5.41) is 0.738. The van der Waals surface area contributed by atoms with Crippen molar-refractivity contribution < 1.29 is 4.74 Å². The molecule has 1 spiro atoms. The molecule has 1 aromatic rings. The Kier molecular flexibility index (Phi) is 4.94. The number of benzene rings is 1. The highest BCUT2D eigenvalue weighted by Crippen LogP contribution is 2.44. The van der Waals surface area contributed by atoms with Gasteiger partial charge >= 0.3 is 0 Å². The van der Waals surface area contributed by atoms with E-state index >= 15 is 0 Å². The van der Waals surface area contributed by atoms with E-state index in [0.29, 0.717) is 5.92 Å². The van der Waals surface area contributed by atoms with Crippen molar-refractivity contribution in [1.29, 1.82) is 0 Å².